The van der Waals surface area contributed by atoms with E-state index >= 15 is 0 Å². The lowest BCUT2D eigenvalue weighted by Gasteiger charge is -2.17. The van der Waals surface area contributed by atoms with Gasteiger partial charge in [0.15, 0.2) is 0 Å². The van der Waals surface area contributed by atoms with E-state index in [0.717, 1.165) is 0 Å². The molecule has 1 aromatic carbocycles. The highest BCUT2D eigenvalue weighted by Gasteiger charge is 2.22. The number of anilines is 1. The molecule has 3 aromatic rings. The summed E-state index contributed by atoms with van der Waals surface area (Å²) in [7, 11) is 3.46. The largest absolute Gasteiger partial charge is 0.467 e. The van der Waals surface area contributed by atoms with Crippen molar-refractivity contribution < 1.29 is 14.0 Å². The van der Waals surface area contributed by atoms with Gasteiger partial charge in [0.1, 0.15) is 11.4 Å². The molecular formula is C22H26N4O4S. The number of nitrogens with zero attached hydrogens (tertiary/aromatic N) is 3. The highest BCUT2D eigenvalue weighted by Crippen LogP contribution is 2.18. The van der Waals surface area contributed by atoms with Crippen molar-refractivity contribution in [2.45, 2.75) is 25.6 Å². The number of thioether (sulfide) groups is 1. The second-order valence-corrected chi connectivity index (χ2v) is 8.54. The number of hydrogen-bond acceptors (Lipinski definition) is 5. The standard InChI is InChI=1S/C22H26N4O4S/c1-15-20(22(29)26(25(15)4)17-9-6-5-7-10-17)23-21(28)16(2)31-14-19(27)24(3)13-18-11-8-12-30-18/h5-12,16H,13-14H2,1-4H3,(H,23,28). The Kier molecular flexibility index (Phi) is 7.06. The second-order valence-electron chi connectivity index (χ2n) is 7.21. The summed E-state index contributed by atoms with van der Waals surface area (Å²) in [4.78, 5) is 39.5. The number of para-hydroxylation sites is 1. The smallest absolute Gasteiger partial charge is 0.295 e. The number of aromatic nitrogens is 2. The Morgan fingerprint density at radius 3 is 2.55 bits per heavy atom. The molecule has 0 aliphatic carbocycles. The quantitative estimate of drug-likeness (QED) is 0.579. The van der Waals surface area contributed by atoms with Crippen LogP contribution in [0, 0.1) is 6.92 Å². The minimum absolute atomic E-state index is 0.108. The number of nitrogens with one attached hydrogen (secondary N) is 1. The Labute approximate surface area is 184 Å². The van der Waals surface area contributed by atoms with Crippen molar-refractivity contribution in [3.63, 3.8) is 0 Å². The third kappa shape index (κ3) is 5.11. The normalized spacial score (nSPS) is 11.9. The first-order chi connectivity index (χ1) is 14.8. The van der Waals surface area contributed by atoms with E-state index in [9.17, 15) is 14.4 Å². The van der Waals surface area contributed by atoms with Crippen LogP contribution in [0.5, 0.6) is 0 Å². The van der Waals surface area contributed by atoms with Crippen LogP contribution in [-0.2, 0) is 23.2 Å². The van der Waals surface area contributed by atoms with Crippen molar-refractivity contribution >= 4 is 29.3 Å². The van der Waals surface area contributed by atoms with Crippen molar-refractivity contribution in [1.29, 1.82) is 0 Å². The molecule has 164 valence electrons. The molecule has 2 aromatic heterocycles. The average Bonchev–Trinajstić information content (AvgIpc) is 3.34. The van der Waals surface area contributed by atoms with Crippen LogP contribution in [0.15, 0.2) is 57.9 Å². The molecule has 3 rings (SSSR count). The molecule has 1 unspecified atom stereocenters. The van der Waals surface area contributed by atoms with Crippen molar-refractivity contribution in [2.24, 2.45) is 7.05 Å². The summed E-state index contributed by atoms with van der Waals surface area (Å²) in [5, 5.41) is 2.24. The number of rotatable bonds is 8. The minimum atomic E-state index is -0.509. The highest BCUT2D eigenvalue weighted by molar-refractivity contribution is 8.01. The van der Waals surface area contributed by atoms with Crippen molar-refractivity contribution in [1.82, 2.24) is 14.3 Å². The van der Waals surface area contributed by atoms with Gasteiger partial charge in [0.2, 0.25) is 11.8 Å². The maximum atomic E-state index is 12.9. The topological polar surface area (TPSA) is 89.5 Å². The van der Waals surface area contributed by atoms with Crippen LogP contribution in [0.4, 0.5) is 5.69 Å². The minimum Gasteiger partial charge on any atom is -0.467 e. The Balaban J connectivity index is 1.62. The molecule has 0 spiro atoms. The van der Waals surface area contributed by atoms with Crippen molar-refractivity contribution in [3.05, 3.63) is 70.5 Å². The van der Waals surface area contributed by atoms with Crippen LogP contribution in [0.1, 0.15) is 18.4 Å². The summed E-state index contributed by atoms with van der Waals surface area (Å²) in [5.41, 5.74) is 1.30. The van der Waals surface area contributed by atoms with Gasteiger partial charge in [-0.05, 0) is 38.1 Å². The number of amides is 2. The molecule has 2 amide bonds. The fourth-order valence-corrected chi connectivity index (χ4v) is 3.87. The molecule has 9 heteroatoms. The first-order valence-electron chi connectivity index (χ1n) is 9.82. The predicted octanol–water partition coefficient (Wildman–Crippen LogP) is 2.80. The zero-order valence-electron chi connectivity index (χ0n) is 18.0. The van der Waals surface area contributed by atoms with Crippen LogP contribution < -0.4 is 10.9 Å². The van der Waals surface area contributed by atoms with E-state index in [4.69, 9.17) is 4.42 Å². The predicted molar refractivity (Wildman–Crippen MR) is 121 cm³/mol. The molecule has 8 nitrogen and oxygen atoms in total. The fourth-order valence-electron chi connectivity index (χ4n) is 3.04. The summed E-state index contributed by atoms with van der Waals surface area (Å²) in [6, 6.07) is 12.8. The second kappa shape index (κ2) is 9.74. The van der Waals surface area contributed by atoms with Gasteiger partial charge in [0.05, 0.1) is 35.2 Å². The summed E-state index contributed by atoms with van der Waals surface area (Å²) in [6.07, 6.45) is 1.56. The number of hydrogen-bond donors (Lipinski definition) is 1. The van der Waals surface area contributed by atoms with Gasteiger partial charge in [-0.3, -0.25) is 19.1 Å². The Hall–Kier alpha value is -3.20. The summed E-state index contributed by atoms with van der Waals surface area (Å²) < 4.78 is 8.47. The molecule has 0 saturated heterocycles. The van der Waals surface area contributed by atoms with Crippen LogP contribution in [-0.4, -0.2) is 44.1 Å². The molecule has 2 heterocycles. The van der Waals surface area contributed by atoms with Gasteiger partial charge in [-0.1, -0.05) is 18.2 Å². The SMILES string of the molecule is Cc1c(NC(=O)C(C)SCC(=O)N(C)Cc2ccco2)c(=O)n(-c2ccccc2)n1C. The summed E-state index contributed by atoms with van der Waals surface area (Å²) in [6.45, 7) is 3.87. The van der Waals surface area contributed by atoms with Gasteiger partial charge >= 0.3 is 0 Å². The molecule has 0 aliphatic heterocycles. The third-order valence-corrected chi connectivity index (χ3v) is 6.16. The van der Waals surface area contributed by atoms with Gasteiger partial charge in [-0.25, -0.2) is 4.68 Å². The molecule has 0 bridgehead atoms. The Bertz CT molecular complexity index is 1100. The Morgan fingerprint density at radius 2 is 1.90 bits per heavy atom. The number of carbonyl (C=O) groups excluding carboxylic acids is 2. The Morgan fingerprint density at radius 1 is 1.19 bits per heavy atom. The lowest BCUT2D eigenvalue weighted by atomic mass is 10.3. The van der Waals surface area contributed by atoms with Gasteiger partial charge in [0, 0.05) is 14.1 Å². The number of carbonyl (C=O) groups is 2. The van der Waals surface area contributed by atoms with Gasteiger partial charge in [-0.15, -0.1) is 11.8 Å². The van der Waals surface area contributed by atoms with E-state index < -0.39 is 5.25 Å². The molecule has 1 N–H and O–H groups in total. The highest BCUT2D eigenvalue weighted by atomic mass is 32.2. The van der Waals surface area contributed by atoms with E-state index in [2.05, 4.69) is 5.32 Å². The lowest BCUT2D eigenvalue weighted by Crippen LogP contribution is -2.31. The average molecular weight is 443 g/mol. The van der Waals surface area contributed by atoms with Crippen LogP contribution in [0.3, 0.4) is 0 Å². The van der Waals surface area contributed by atoms with Crippen molar-refractivity contribution in [3.8, 4) is 5.69 Å². The van der Waals surface area contributed by atoms with E-state index in [1.165, 1.54) is 16.4 Å². The van der Waals surface area contributed by atoms with E-state index in [-0.39, 0.29) is 28.8 Å². The fraction of sp³-hybridized carbons (Fsp3) is 0.318. The maximum Gasteiger partial charge on any atom is 0.295 e. The maximum absolute atomic E-state index is 12.9. The van der Waals surface area contributed by atoms with E-state index in [1.54, 1.807) is 55.9 Å². The molecular weight excluding hydrogens is 416 g/mol. The van der Waals surface area contributed by atoms with Crippen LogP contribution >= 0.6 is 11.8 Å². The molecule has 1 atom stereocenters. The number of benzene rings is 1. The van der Waals surface area contributed by atoms with Crippen LogP contribution in [0.25, 0.3) is 5.69 Å². The molecule has 0 radical (unpaired) electrons. The zero-order valence-corrected chi connectivity index (χ0v) is 18.8. The van der Waals surface area contributed by atoms with Crippen LogP contribution in [0.2, 0.25) is 0 Å². The summed E-state index contributed by atoms with van der Waals surface area (Å²) in [5.74, 6) is 0.412. The zero-order chi connectivity index (χ0) is 22.5. The lowest BCUT2D eigenvalue weighted by molar-refractivity contribution is -0.127. The monoisotopic (exact) mass is 442 g/mol. The summed E-state index contributed by atoms with van der Waals surface area (Å²) >= 11 is 1.22. The third-order valence-electron chi connectivity index (χ3n) is 5.03. The first-order valence-corrected chi connectivity index (χ1v) is 10.9. The molecule has 0 saturated carbocycles. The van der Waals surface area contributed by atoms with E-state index in [1.807, 2.05) is 30.3 Å². The first kappa shape index (κ1) is 22.5. The molecule has 31 heavy (non-hydrogen) atoms. The van der Waals surface area contributed by atoms with Gasteiger partial charge in [0.25, 0.3) is 5.56 Å². The van der Waals surface area contributed by atoms with Gasteiger partial charge < -0.3 is 14.6 Å². The molecule has 0 aliphatic rings. The van der Waals surface area contributed by atoms with E-state index in [0.29, 0.717) is 23.7 Å². The van der Waals surface area contributed by atoms with Crippen molar-refractivity contribution in [2.75, 3.05) is 18.1 Å². The number of furan rings is 1. The van der Waals surface area contributed by atoms with Gasteiger partial charge in [-0.2, -0.15) is 0 Å². The molecule has 0 fully saturated rings.